The Morgan fingerprint density at radius 1 is 1.29 bits per heavy atom. The van der Waals surface area contributed by atoms with Crippen LogP contribution in [0.1, 0.15) is 33.6 Å². The summed E-state index contributed by atoms with van der Waals surface area (Å²) in [5, 5.41) is 7.39. The molecule has 0 aliphatic heterocycles. The van der Waals surface area contributed by atoms with Gasteiger partial charge in [-0.2, -0.15) is 0 Å². The number of aromatic nitrogens is 2. The van der Waals surface area contributed by atoms with Crippen molar-refractivity contribution in [1.29, 1.82) is 0 Å². The molecular formula is C21H24N4O2S. The summed E-state index contributed by atoms with van der Waals surface area (Å²) in [6, 6.07) is 8.01. The van der Waals surface area contributed by atoms with Crippen molar-refractivity contribution in [1.82, 2.24) is 15.3 Å². The zero-order valence-electron chi connectivity index (χ0n) is 16.1. The summed E-state index contributed by atoms with van der Waals surface area (Å²) in [6.07, 6.45) is 4.80. The quantitative estimate of drug-likeness (QED) is 0.606. The van der Waals surface area contributed by atoms with Gasteiger partial charge < -0.3 is 15.4 Å². The predicted molar refractivity (Wildman–Crippen MR) is 112 cm³/mol. The molecule has 0 bridgehead atoms. The smallest absolute Gasteiger partial charge is 0.261 e. The lowest BCUT2D eigenvalue weighted by Crippen LogP contribution is -2.25. The van der Waals surface area contributed by atoms with Gasteiger partial charge >= 0.3 is 0 Å². The fourth-order valence-electron chi connectivity index (χ4n) is 3.29. The maximum atomic E-state index is 12.6. The molecule has 3 aromatic rings. The van der Waals surface area contributed by atoms with E-state index in [1.165, 1.54) is 24.2 Å². The maximum absolute atomic E-state index is 12.6. The Kier molecular flexibility index (Phi) is 5.43. The molecule has 1 amide bonds. The lowest BCUT2D eigenvalue weighted by atomic mass is 10.1. The zero-order valence-corrected chi connectivity index (χ0v) is 16.9. The van der Waals surface area contributed by atoms with Gasteiger partial charge in [-0.1, -0.05) is 18.2 Å². The van der Waals surface area contributed by atoms with Crippen molar-refractivity contribution in [3.05, 3.63) is 46.6 Å². The summed E-state index contributed by atoms with van der Waals surface area (Å²) in [4.78, 5) is 22.9. The highest BCUT2D eigenvalue weighted by atomic mass is 32.1. The number of aryl methyl sites for hydroxylation is 1. The molecule has 0 spiro atoms. The number of hydrogen-bond acceptors (Lipinski definition) is 6. The number of fused-ring (bicyclic) bond motifs is 1. The van der Waals surface area contributed by atoms with Crippen LogP contribution < -0.4 is 15.4 Å². The summed E-state index contributed by atoms with van der Waals surface area (Å²) in [5.74, 6) is 2.31. The second-order valence-corrected chi connectivity index (χ2v) is 8.10. The van der Waals surface area contributed by atoms with E-state index in [0.29, 0.717) is 12.5 Å². The van der Waals surface area contributed by atoms with Crippen LogP contribution in [0.2, 0.25) is 0 Å². The van der Waals surface area contributed by atoms with Crippen LogP contribution in [0.3, 0.4) is 0 Å². The molecule has 1 saturated carbocycles. The topological polar surface area (TPSA) is 76.1 Å². The van der Waals surface area contributed by atoms with Crippen molar-refractivity contribution < 1.29 is 9.53 Å². The Labute approximate surface area is 168 Å². The third-order valence-electron chi connectivity index (χ3n) is 5.06. The molecule has 2 aromatic heterocycles. The summed E-state index contributed by atoms with van der Waals surface area (Å²) in [6.45, 7) is 3.45. The minimum Gasteiger partial charge on any atom is -0.496 e. The SMILES string of the molecule is COc1ccccc1CCNc1ncnc2sc(C(=O)NCC3CC3)c(C)c12. The number of hydrogen-bond donors (Lipinski definition) is 2. The highest BCUT2D eigenvalue weighted by Crippen LogP contribution is 2.34. The van der Waals surface area contributed by atoms with E-state index in [9.17, 15) is 4.79 Å². The van der Waals surface area contributed by atoms with Gasteiger partial charge in [0.25, 0.3) is 5.91 Å². The minimum absolute atomic E-state index is 0.00706. The van der Waals surface area contributed by atoms with Crippen molar-refractivity contribution in [3.63, 3.8) is 0 Å². The molecule has 4 rings (SSSR count). The highest BCUT2D eigenvalue weighted by Gasteiger charge is 2.24. The third kappa shape index (κ3) is 3.94. The molecule has 2 heterocycles. The van der Waals surface area contributed by atoms with Gasteiger partial charge in [0.2, 0.25) is 0 Å². The summed E-state index contributed by atoms with van der Waals surface area (Å²) >= 11 is 1.43. The van der Waals surface area contributed by atoms with Crippen molar-refractivity contribution in [2.45, 2.75) is 26.2 Å². The minimum atomic E-state index is -0.00706. The van der Waals surface area contributed by atoms with Crippen LogP contribution in [0.4, 0.5) is 5.82 Å². The molecule has 0 saturated heterocycles. The second-order valence-electron chi connectivity index (χ2n) is 7.10. The average Bonchev–Trinajstić information content (AvgIpc) is 3.49. The molecule has 28 heavy (non-hydrogen) atoms. The summed E-state index contributed by atoms with van der Waals surface area (Å²) < 4.78 is 5.42. The van der Waals surface area contributed by atoms with Crippen molar-refractivity contribution in [3.8, 4) is 5.75 Å². The van der Waals surface area contributed by atoms with Crippen molar-refractivity contribution in [2.24, 2.45) is 5.92 Å². The monoisotopic (exact) mass is 396 g/mol. The molecule has 0 atom stereocenters. The molecule has 0 radical (unpaired) electrons. The lowest BCUT2D eigenvalue weighted by Gasteiger charge is -2.10. The standard InChI is InChI=1S/C21H24N4O2S/c1-13-17-19(22-10-9-15-5-3-4-6-16(15)27-2)24-12-25-21(17)28-18(13)20(26)23-11-14-7-8-14/h3-6,12,14H,7-11H2,1-2H3,(H,23,26)(H,22,24,25). The molecule has 1 aliphatic rings. The molecular weight excluding hydrogens is 372 g/mol. The Hall–Kier alpha value is -2.67. The molecule has 146 valence electrons. The number of thiophene rings is 1. The molecule has 1 aromatic carbocycles. The van der Waals surface area contributed by atoms with E-state index in [2.05, 4.69) is 26.7 Å². The van der Waals surface area contributed by atoms with Crippen LogP contribution >= 0.6 is 11.3 Å². The lowest BCUT2D eigenvalue weighted by molar-refractivity contribution is 0.0955. The number of benzene rings is 1. The molecule has 6 nitrogen and oxygen atoms in total. The third-order valence-corrected chi connectivity index (χ3v) is 6.26. The van der Waals surface area contributed by atoms with E-state index in [-0.39, 0.29) is 5.91 Å². The highest BCUT2D eigenvalue weighted by molar-refractivity contribution is 7.20. The predicted octanol–water partition coefficient (Wildman–Crippen LogP) is 3.80. The number of amides is 1. The van der Waals surface area contributed by atoms with Gasteiger partial charge in [0.1, 0.15) is 22.7 Å². The molecule has 1 fully saturated rings. The van der Waals surface area contributed by atoms with Crippen LogP contribution in [0.25, 0.3) is 10.2 Å². The molecule has 1 aliphatic carbocycles. The fourth-order valence-corrected chi connectivity index (χ4v) is 4.35. The average molecular weight is 397 g/mol. The number of nitrogens with zero attached hydrogens (tertiary/aromatic N) is 2. The first-order chi connectivity index (χ1) is 13.7. The molecule has 0 unspecified atom stereocenters. The van der Waals surface area contributed by atoms with Crippen LogP contribution in [0.15, 0.2) is 30.6 Å². The normalized spacial score (nSPS) is 13.5. The van der Waals surface area contributed by atoms with E-state index in [4.69, 9.17) is 4.74 Å². The van der Waals surface area contributed by atoms with E-state index in [1.807, 2.05) is 25.1 Å². The first-order valence-electron chi connectivity index (χ1n) is 9.55. The van der Waals surface area contributed by atoms with Gasteiger partial charge in [-0.05, 0) is 49.3 Å². The number of carbonyl (C=O) groups is 1. The summed E-state index contributed by atoms with van der Waals surface area (Å²) in [7, 11) is 1.69. The maximum Gasteiger partial charge on any atom is 0.261 e. The molecule has 2 N–H and O–H groups in total. The van der Waals surface area contributed by atoms with E-state index < -0.39 is 0 Å². The first kappa shape index (κ1) is 18.7. The van der Waals surface area contributed by atoms with Crippen LogP contribution in [-0.4, -0.2) is 36.1 Å². The van der Waals surface area contributed by atoms with Gasteiger partial charge in [-0.3, -0.25) is 4.79 Å². The number of anilines is 1. The molecule has 7 heteroatoms. The number of nitrogens with one attached hydrogen (secondary N) is 2. The van der Waals surface area contributed by atoms with Crippen molar-refractivity contribution in [2.75, 3.05) is 25.5 Å². The summed E-state index contributed by atoms with van der Waals surface area (Å²) in [5.41, 5.74) is 2.08. The van der Waals surface area contributed by atoms with Gasteiger partial charge in [0, 0.05) is 13.1 Å². The van der Waals surface area contributed by atoms with E-state index in [0.717, 1.165) is 50.8 Å². The number of rotatable bonds is 8. The Bertz CT molecular complexity index is 997. The second kappa shape index (κ2) is 8.14. The van der Waals surface area contributed by atoms with Gasteiger partial charge in [-0.25, -0.2) is 9.97 Å². The van der Waals surface area contributed by atoms with Gasteiger partial charge in [0.05, 0.1) is 17.4 Å². The number of ether oxygens (including phenoxy) is 1. The van der Waals surface area contributed by atoms with Crippen molar-refractivity contribution >= 4 is 33.3 Å². The van der Waals surface area contributed by atoms with E-state index >= 15 is 0 Å². The zero-order chi connectivity index (χ0) is 19.5. The number of methoxy groups -OCH3 is 1. The number of para-hydroxylation sites is 1. The Morgan fingerprint density at radius 2 is 2.11 bits per heavy atom. The van der Waals surface area contributed by atoms with Crippen LogP contribution in [0, 0.1) is 12.8 Å². The van der Waals surface area contributed by atoms with Crippen LogP contribution in [-0.2, 0) is 6.42 Å². The number of carbonyl (C=O) groups excluding carboxylic acids is 1. The van der Waals surface area contributed by atoms with Gasteiger partial charge in [0.15, 0.2) is 0 Å². The Morgan fingerprint density at radius 3 is 2.89 bits per heavy atom. The van der Waals surface area contributed by atoms with Gasteiger partial charge in [-0.15, -0.1) is 11.3 Å². The Balaban J connectivity index is 1.50. The van der Waals surface area contributed by atoms with Crippen LogP contribution in [0.5, 0.6) is 5.75 Å². The fraction of sp³-hybridized carbons (Fsp3) is 0.381. The van der Waals surface area contributed by atoms with E-state index in [1.54, 1.807) is 13.4 Å². The largest absolute Gasteiger partial charge is 0.496 e. The first-order valence-corrected chi connectivity index (χ1v) is 10.4.